The molecule has 2 aromatic carbocycles. The van der Waals surface area contributed by atoms with Crippen molar-refractivity contribution in [3.63, 3.8) is 0 Å². The predicted octanol–water partition coefficient (Wildman–Crippen LogP) is 5.35. The minimum Gasteiger partial charge on any atom is -0.457 e. The Morgan fingerprint density at radius 1 is 1.15 bits per heavy atom. The van der Waals surface area contributed by atoms with Crippen LogP contribution in [0.5, 0.6) is 11.5 Å². The Morgan fingerprint density at radius 2 is 1.85 bits per heavy atom. The fraction of sp³-hybridized carbons (Fsp3) is 0.273. The molecule has 0 spiro atoms. The van der Waals surface area contributed by atoms with Gasteiger partial charge in [0, 0.05) is 17.2 Å². The topological polar surface area (TPSA) is 142 Å². The van der Waals surface area contributed by atoms with Gasteiger partial charge in [-0.2, -0.15) is 5.10 Å². The van der Waals surface area contributed by atoms with E-state index in [1.807, 2.05) is 0 Å². The van der Waals surface area contributed by atoms with Crippen molar-refractivity contribution in [3.8, 4) is 11.5 Å². The molecule has 0 aliphatic carbocycles. The summed E-state index contributed by atoms with van der Waals surface area (Å²) in [5.41, 5.74) is 1.15. The van der Waals surface area contributed by atoms with Crippen molar-refractivity contribution < 1.29 is 19.4 Å². The van der Waals surface area contributed by atoms with Crippen molar-refractivity contribution in [3.05, 3.63) is 78.6 Å². The number of aryl methyl sites for hydroxylation is 2. The van der Waals surface area contributed by atoms with E-state index in [4.69, 9.17) is 16.3 Å². The van der Waals surface area contributed by atoms with Gasteiger partial charge in [-0.05, 0) is 44.5 Å². The number of carbonyl (C=O) groups excluding carboxylic acids is 1. The number of hydrogen-bond acceptors (Lipinski definition) is 7. The molecule has 1 atom stereocenters. The highest BCUT2D eigenvalue weighted by Gasteiger charge is 2.24. The van der Waals surface area contributed by atoms with Crippen LogP contribution in [0.15, 0.2) is 36.4 Å². The number of rotatable bonds is 8. The van der Waals surface area contributed by atoms with Gasteiger partial charge >= 0.3 is 5.69 Å². The van der Waals surface area contributed by atoms with Gasteiger partial charge in [0.1, 0.15) is 22.9 Å². The molecular weight excluding hydrogens is 466 g/mol. The number of nitrogens with one attached hydrogen (secondary N) is 1. The van der Waals surface area contributed by atoms with E-state index in [9.17, 15) is 25.0 Å². The number of amides is 1. The number of carbonyl (C=O) groups is 1. The molecule has 1 unspecified atom stereocenters. The lowest BCUT2D eigenvalue weighted by Crippen LogP contribution is -2.25. The number of benzene rings is 2. The lowest BCUT2D eigenvalue weighted by molar-refractivity contribution is -0.386. The molecule has 0 bridgehead atoms. The minimum atomic E-state index is -0.639. The molecule has 1 aromatic heterocycles. The standard InChI is InChI=1S/C22H22ClN5O6/c1-12-7-16(23)5-6-20(12)34-19-9-17(8-18(10-19)27(30)31)24-22(29)13(2)11-26-15(4)21(28(32)33)14(3)25-26/h5-10,13H,11H2,1-4H3,(H,24,29). The van der Waals surface area contributed by atoms with Gasteiger partial charge in [-0.25, -0.2) is 0 Å². The van der Waals surface area contributed by atoms with Crippen LogP contribution >= 0.6 is 11.6 Å². The highest BCUT2D eigenvalue weighted by molar-refractivity contribution is 6.30. The zero-order valence-corrected chi connectivity index (χ0v) is 19.6. The third kappa shape index (κ3) is 5.49. The van der Waals surface area contributed by atoms with Crippen molar-refractivity contribution in [2.45, 2.75) is 34.2 Å². The Hall–Kier alpha value is -3.99. The fourth-order valence-corrected chi connectivity index (χ4v) is 3.64. The van der Waals surface area contributed by atoms with Gasteiger partial charge in [0.15, 0.2) is 0 Å². The second kappa shape index (κ2) is 9.87. The number of ether oxygens (including phenoxy) is 1. The number of nitro groups is 2. The Balaban J connectivity index is 1.81. The van der Waals surface area contributed by atoms with E-state index in [1.165, 1.54) is 29.8 Å². The molecule has 11 nitrogen and oxygen atoms in total. The number of hydrogen-bond donors (Lipinski definition) is 1. The molecule has 0 saturated carbocycles. The van der Waals surface area contributed by atoms with Gasteiger partial charge in [0.25, 0.3) is 5.69 Å². The van der Waals surface area contributed by atoms with Crippen LogP contribution in [0.1, 0.15) is 23.9 Å². The molecule has 12 heteroatoms. The second-order valence-corrected chi connectivity index (χ2v) is 8.27. The Morgan fingerprint density at radius 3 is 2.44 bits per heavy atom. The van der Waals surface area contributed by atoms with E-state index in [-0.39, 0.29) is 35.1 Å². The maximum absolute atomic E-state index is 12.8. The molecular formula is C22H22ClN5O6. The fourth-order valence-electron chi connectivity index (χ4n) is 3.41. The molecule has 0 aliphatic heterocycles. The number of anilines is 1. The van der Waals surface area contributed by atoms with E-state index in [0.29, 0.717) is 16.5 Å². The van der Waals surface area contributed by atoms with E-state index in [0.717, 1.165) is 5.56 Å². The highest BCUT2D eigenvalue weighted by atomic mass is 35.5. The molecule has 0 radical (unpaired) electrons. The molecule has 1 heterocycles. The summed E-state index contributed by atoms with van der Waals surface area (Å²) in [4.78, 5) is 34.3. The van der Waals surface area contributed by atoms with Crippen molar-refractivity contribution in [2.24, 2.45) is 5.92 Å². The summed E-state index contributed by atoms with van der Waals surface area (Å²) in [6.45, 7) is 6.59. The normalized spacial score (nSPS) is 11.7. The first-order valence-corrected chi connectivity index (χ1v) is 10.6. The van der Waals surface area contributed by atoms with Crippen LogP contribution in [0, 0.1) is 46.9 Å². The minimum absolute atomic E-state index is 0.0919. The smallest absolute Gasteiger partial charge is 0.312 e. The molecule has 0 saturated heterocycles. The highest BCUT2D eigenvalue weighted by Crippen LogP contribution is 2.32. The SMILES string of the molecule is Cc1cc(Cl)ccc1Oc1cc(NC(=O)C(C)Cn2nc(C)c([N+](=O)[O-])c2C)cc([N+](=O)[O-])c1. The summed E-state index contributed by atoms with van der Waals surface area (Å²) in [5.74, 6) is -0.456. The number of halogens is 1. The number of nitrogens with zero attached hydrogens (tertiary/aromatic N) is 4. The lowest BCUT2D eigenvalue weighted by Gasteiger charge is -2.14. The summed E-state index contributed by atoms with van der Waals surface area (Å²) < 4.78 is 7.20. The summed E-state index contributed by atoms with van der Waals surface area (Å²) in [6.07, 6.45) is 0. The molecule has 3 aromatic rings. The summed E-state index contributed by atoms with van der Waals surface area (Å²) in [6, 6.07) is 8.92. The third-order valence-corrected chi connectivity index (χ3v) is 5.39. The quantitative estimate of drug-likeness (QED) is 0.333. The zero-order chi connectivity index (χ0) is 25.2. The van der Waals surface area contributed by atoms with Gasteiger partial charge < -0.3 is 10.1 Å². The number of non-ortho nitro benzene ring substituents is 1. The predicted molar refractivity (Wildman–Crippen MR) is 126 cm³/mol. The lowest BCUT2D eigenvalue weighted by atomic mass is 10.1. The average molecular weight is 488 g/mol. The molecule has 1 N–H and O–H groups in total. The summed E-state index contributed by atoms with van der Waals surface area (Å²) >= 11 is 5.96. The molecule has 3 rings (SSSR count). The largest absolute Gasteiger partial charge is 0.457 e. The molecule has 34 heavy (non-hydrogen) atoms. The summed E-state index contributed by atoms with van der Waals surface area (Å²) in [5, 5.41) is 29.9. The van der Waals surface area contributed by atoms with Crippen molar-refractivity contribution in [1.82, 2.24) is 9.78 Å². The zero-order valence-electron chi connectivity index (χ0n) is 18.9. The second-order valence-electron chi connectivity index (χ2n) is 7.83. The van der Waals surface area contributed by atoms with Crippen LogP contribution < -0.4 is 10.1 Å². The van der Waals surface area contributed by atoms with E-state index >= 15 is 0 Å². The van der Waals surface area contributed by atoms with E-state index in [1.54, 1.807) is 39.0 Å². The van der Waals surface area contributed by atoms with Crippen LogP contribution in [0.25, 0.3) is 0 Å². The van der Waals surface area contributed by atoms with Crippen LogP contribution in [0.4, 0.5) is 17.1 Å². The third-order valence-electron chi connectivity index (χ3n) is 5.15. The molecule has 0 fully saturated rings. The maximum atomic E-state index is 12.8. The van der Waals surface area contributed by atoms with Crippen LogP contribution in [0.2, 0.25) is 5.02 Å². The Bertz CT molecular complexity index is 1290. The summed E-state index contributed by atoms with van der Waals surface area (Å²) in [7, 11) is 0. The van der Waals surface area contributed by atoms with Crippen LogP contribution in [-0.2, 0) is 11.3 Å². The van der Waals surface area contributed by atoms with Gasteiger partial charge in [-0.1, -0.05) is 18.5 Å². The van der Waals surface area contributed by atoms with Crippen molar-refractivity contribution >= 4 is 34.6 Å². The van der Waals surface area contributed by atoms with Crippen molar-refractivity contribution in [2.75, 3.05) is 5.32 Å². The Labute approximate surface area is 199 Å². The maximum Gasteiger partial charge on any atom is 0.312 e. The number of aromatic nitrogens is 2. The first kappa shape index (κ1) is 24.6. The van der Waals surface area contributed by atoms with Crippen LogP contribution in [-0.4, -0.2) is 25.5 Å². The van der Waals surface area contributed by atoms with Gasteiger partial charge in [0.05, 0.1) is 34.1 Å². The molecule has 0 aliphatic rings. The number of nitro benzene ring substituents is 1. The molecule has 178 valence electrons. The van der Waals surface area contributed by atoms with E-state index in [2.05, 4.69) is 10.4 Å². The first-order chi connectivity index (χ1) is 16.0. The van der Waals surface area contributed by atoms with Gasteiger partial charge in [-0.15, -0.1) is 0 Å². The average Bonchev–Trinajstić information content (AvgIpc) is 3.02. The Kier molecular flexibility index (Phi) is 7.16. The monoisotopic (exact) mass is 487 g/mol. The first-order valence-electron chi connectivity index (χ1n) is 10.2. The van der Waals surface area contributed by atoms with E-state index < -0.39 is 21.7 Å². The molecule has 1 amide bonds. The van der Waals surface area contributed by atoms with Crippen molar-refractivity contribution in [1.29, 1.82) is 0 Å². The van der Waals surface area contributed by atoms with Gasteiger partial charge in [-0.3, -0.25) is 29.7 Å². The van der Waals surface area contributed by atoms with Gasteiger partial charge in [0.2, 0.25) is 5.91 Å². The van der Waals surface area contributed by atoms with Crippen LogP contribution in [0.3, 0.4) is 0 Å².